The summed E-state index contributed by atoms with van der Waals surface area (Å²) in [6.45, 7) is 4.34. The smallest absolute Gasteiger partial charge is 0.253 e. The van der Waals surface area contributed by atoms with Crippen LogP contribution in [0.5, 0.6) is 0 Å². The van der Waals surface area contributed by atoms with Gasteiger partial charge in [-0.25, -0.2) is 35.7 Å². The van der Waals surface area contributed by atoms with Gasteiger partial charge in [0.2, 0.25) is 0 Å². The summed E-state index contributed by atoms with van der Waals surface area (Å²) in [5, 5.41) is 57.8. The zero-order valence-corrected chi connectivity index (χ0v) is 41.3. The quantitative estimate of drug-likeness (QED) is 0.0651. The molecule has 2 aliphatic rings. The molecule has 4 aromatic carbocycles. The molecule has 0 saturated carbocycles. The van der Waals surface area contributed by atoms with Gasteiger partial charge in [0.25, 0.3) is 5.91 Å². The fourth-order valence-corrected chi connectivity index (χ4v) is 9.22. The second-order valence-corrected chi connectivity index (χ2v) is 18.5. The van der Waals surface area contributed by atoms with Crippen LogP contribution in [-0.2, 0) is 41.8 Å². The highest BCUT2D eigenvalue weighted by Gasteiger charge is 2.51. The summed E-state index contributed by atoms with van der Waals surface area (Å²) in [4.78, 5) is 27.4. The molecule has 2 fully saturated rings. The van der Waals surface area contributed by atoms with Gasteiger partial charge in [0.1, 0.15) is 41.9 Å². The van der Waals surface area contributed by atoms with Gasteiger partial charge in [0.05, 0.1) is 63.1 Å². The molecule has 6 aromatic rings. The summed E-state index contributed by atoms with van der Waals surface area (Å²) >= 11 is 0. The Bertz CT molecular complexity index is 2820. The number of likely N-dealkylation sites (N-methyl/N-ethyl adjacent to an activating group) is 1. The number of carbonyl (C=O) groups excluding carboxylic acids is 2. The molecule has 0 spiro atoms. The van der Waals surface area contributed by atoms with E-state index < -0.39 is 121 Å². The molecule has 402 valence electrons. The van der Waals surface area contributed by atoms with Crippen molar-refractivity contribution >= 4 is 11.7 Å². The van der Waals surface area contributed by atoms with Gasteiger partial charge in [-0.2, -0.15) is 0 Å². The monoisotopic (exact) mass is 1050 g/mol. The lowest BCUT2D eigenvalue weighted by Gasteiger charge is -2.45. The van der Waals surface area contributed by atoms with Crippen molar-refractivity contribution in [2.75, 3.05) is 27.3 Å². The molecule has 2 aliphatic heterocycles. The molecular weight excluding hydrogens is 997 g/mol. The van der Waals surface area contributed by atoms with Gasteiger partial charge >= 0.3 is 0 Å². The fraction of sp³-hybridized carbons (Fsp3) is 0.423. The van der Waals surface area contributed by atoms with Crippen LogP contribution >= 0.6 is 0 Å². The molecule has 2 aromatic heterocycles. The molecule has 0 bridgehead atoms. The molecule has 17 nitrogen and oxygen atoms in total. The van der Waals surface area contributed by atoms with Gasteiger partial charge in [0.15, 0.2) is 46.8 Å². The zero-order valence-electron chi connectivity index (χ0n) is 41.3. The lowest BCUT2D eigenvalue weighted by atomic mass is 9.82. The molecule has 1 amide bonds. The van der Waals surface area contributed by atoms with Crippen molar-refractivity contribution in [1.82, 2.24) is 34.9 Å². The van der Waals surface area contributed by atoms with E-state index in [1.807, 2.05) is 60.7 Å². The van der Waals surface area contributed by atoms with Crippen LogP contribution in [0.15, 0.2) is 97.3 Å². The third-order valence-corrected chi connectivity index (χ3v) is 13.3. The van der Waals surface area contributed by atoms with Crippen LogP contribution in [0.3, 0.4) is 0 Å². The number of nitrogens with zero attached hydrogens (tertiary/aromatic N) is 7. The van der Waals surface area contributed by atoms with Crippen molar-refractivity contribution in [1.29, 1.82) is 0 Å². The van der Waals surface area contributed by atoms with E-state index in [9.17, 15) is 56.4 Å². The number of hydrogen-bond donors (Lipinski definition) is 4. The van der Waals surface area contributed by atoms with Crippen LogP contribution in [0.25, 0.3) is 22.5 Å². The number of benzene rings is 4. The number of rotatable bonds is 17. The average Bonchev–Trinajstić information content (AvgIpc) is 4.10. The van der Waals surface area contributed by atoms with Crippen LogP contribution < -0.4 is 0 Å². The first kappa shape index (κ1) is 56.3. The van der Waals surface area contributed by atoms with Gasteiger partial charge in [-0.1, -0.05) is 91.9 Å². The Labute approximate surface area is 427 Å². The van der Waals surface area contributed by atoms with Gasteiger partial charge in [-0.15, -0.1) is 10.2 Å². The Morgan fingerprint density at radius 1 is 0.640 bits per heavy atom. The molecule has 0 aliphatic carbocycles. The first-order valence-electron chi connectivity index (χ1n) is 23.9. The number of aliphatic hydroxyl groups is 4. The van der Waals surface area contributed by atoms with E-state index in [0.717, 1.165) is 35.4 Å². The van der Waals surface area contributed by atoms with Crippen molar-refractivity contribution in [3.8, 4) is 22.5 Å². The number of ketones is 1. The highest BCUT2D eigenvalue weighted by Crippen LogP contribution is 2.40. The highest BCUT2D eigenvalue weighted by molar-refractivity contribution is 5.83. The Morgan fingerprint density at radius 2 is 1.01 bits per heavy atom. The third kappa shape index (κ3) is 12.6. The minimum atomic E-state index is -1.60. The lowest BCUT2D eigenvalue weighted by Crippen LogP contribution is -2.58. The highest BCUT2D eigenvalue weighted by atomic mass is 19.2. The number of aromatic nitrogens is 6. The minimum Gasteiger partial charge on any atom is -0.394 e. The lowest BCUT2D eigenvalue weighted by molar-refractivity contribution is -0.217. The normalized spacial score (nSPS) is 24.5. The summed E-state index contributed by atoms with van der Waals surface area (Å²) < 4.78 is 108. The van der Waals surface area contributed by atoms with E-state index in [1.165, 1.54) is 26.7 Å². The molecule has 2 saturated heterocycles. The van der Waals surface area contributed by atoms with Crippen molar-refractivity contribution in [3.05, 3.63) is 143 Å². The van der Waals surface area contributed by atoms with Gasteiger partial charge in [-0.05, 0) is 35.4 Å². The number of hydrogen-bond acceptors (Lipinski definition) is 14. The summed E-state index contributed by atoms with van der Waals surface area (Å²) in [5.41, 5.74) is 1.67. The minimum absolute atomic E-state index is 0.0343. The molecule has 12 atom stereocenters. The van der Waals surface area contributed by atoms with Crippen LogP contribution in [0, 0.1) is 46.7 Å². The number of halogens is 6. The summed E-state index contributed by atoms with van der Waals surface area (Å²) in [7, 11) is 3.16. The van der Waals surface area contributed by atoms with Crippen LogP contribution in [0.4, 0.5) is 26.3 Å². The first-order chi connectivity index (χ1) is 35.9. The predicted octanol–water partition coefficient (Wildman–Crippen LogP) is 5.56. The summed E-state index contributed by atoms with van der Waals surface area (Å²) in [6, 6.07) is 20.0. The van der Waals surface area contributed by atoms with E-state index in [-0.39, 0.29) is 53.8 Å². The van der Waals surface area contributed by atoms with Crippen LogP contribution in [-0.4, -0.2) is 143 Å². The average molecular weight is 1050 g/mol. The standard InChI is InChI=1S/C26H29F3N4O5.C26H28F3N3O5/c1-14-22(33-11-19(30-31-33)16-9-17(27)21(29)18(28)10-16)23(35)20(12-34)38-24(14)25(26(36)32(2)3)37-13-15-7-5-4-6-8-15;1-3-20(34)26(36-13-15-7-5-4-6-8-15)25-14(2)23(24(35)21(12-33)37-25)32-11-19(30-31-32)16-9-17(27)22(29)18(28)10-16/h4-11,14,20,22-25,34-35H,12-13H2,1-3H3;4-11,14,21,23-26,33,35H,3,12-13H2,1-2H3/t14?,20?,22-,23+,24-,25+;14?,21?,23-,24+,25-,26-/m11/s1. The zero-order chi connectivity index (χ0) is 54.2. The van der Waals surface area contributed by atoms with Gasteiger partial charge in [0, 0.05) is 43.5 Å². The molecule has 0 radical (unpaired) electrons. The molecule has 4 N–H and O–H groups in total. The maximum atomic E-state index is 13.8. The Morgan fingerprint density at radius 3 is 1.37 bits per heavy atom. The van der Waals surface area contributed by atoms with Gasteiger partial charge < -0.3 is 44.3 Å². The van der Waals surface area contributed by atoms with Gasteiger partial charge in [-0.3, -0.25) is 9.59 Å². The van der Waals surface area contributed by atoms with E-state index in [0.29, 0.717) is 0 Å². The number of carbonyl (C=O) groups is 2. The number of aliphatic hydroxyl groups excluding tert-OH is 4. The topological polar surface area (TPSA) is 217 Å². The third-order valence-electron chi connectivity index (χ3n) is 13.3. The second kappa shape index (κ2) is 24.9. The van der Waals surface area contributed by atoms with E-state index in [2.05, 4.69) is 20.6 Å². The van der Waals surface area contributed by atoms with Crippen molar-refractivity contribution in [2.24, 2.45) is 11.8 Å². The summed E-state index contributed by atoms with van der Waals surface area (Å²) in [6.07, 6.45) is -5.64. The largest absolute Gasteiger partial charge is 0.394 e. The Hall–Kier alpha value is -6.44. The van der Waals surface area contributed by atoms with Crippen LogP contribution in [0.2, 0.25) is 0 Å². The molecule has 4 heterocycles. The first-order valence-corrected chi connectivity index (χ1v) is 23.9. The summed E-state index contributed by atoms with van der Waals surface area (Å²) in [5.74, 6) is -10.5. The molecule has 8 rings (SSSR count). The van der Waals surface area contributed by atoms with Crippen LogP contribution in [0.1, 0.15) is 50.4 Å². The number of ether oxygens (including phenoxy) is 4. The molecule has 4 unspecified atom stereocenters. The van der Waals surface area contributed by atoms with Crippen molar-refractivity contribution in [3.63, 3.8) is 0 Å². The maximum absolute atomic E-state index is 13.8. The number of Topliss-reactive ketones (excluding diaryl/α,β-unsaturated/α-hetero) is 1. The van der Waals surface area contributed by atoms with E-state index in [4.69, 9.17) is 18.9 Å². The predicted molar refractivity (Wildman–Crippen MR) is 255 cm³/mol. The molecular formula is C52H57F6N7O10. The Kier molecular flexibility index (Phi) is 18.7. The SMILES string of the molecule is CC1[C@H]([C@H](OCc2ccccc2)C(=O)N(C)C)OC(CO)[C@H](O)[C@@H]1n1cc(-c2cc(F)c(F)c(F)c2)nn1.CCC(=O)[C@@H](OCc1ccccc1)[C@@H]1OC(CO)[C@H](O)[C@H](n2cc(-c3cc(F)c(F)c(F)c3)nn2)C1C. The van der Waals surface area contributed by atoms with E-state index in [1.54, 1.807) is 34.9 Å². The fourth-order valence-electron chi connectivity index (χ4n) is 9.22. The Balaban J connectivity index is 0.000000219. The second-order valence-electron chi connectivity index (χ2n) is 18.5. The van der Waals surface area contributed by atoms with Crippen molar-refractivity contribution in [2.45, 2.75) is 101 Å². The molecule has 23 heteroatoms. The number of amides is 1. The van der Waals surface area contributed by atoms with E-state index >= 15 is 0 Å². The van der Waals surface area contributed by atoms with Crippen molar-refractivity contribution < 1.29 is 75.3 Å². The molecule has 75 heavy (non-hydrogen) atoms. The maximum Gasteiger partial charge on any atom is 0.253 e.